The quantitative estimate of drug-likeness (QED) is 0.747. The van der Waals surface area contributed by atoms with Gasteiger partial charge in [0.25, 0.3) is 0 Å². The third-order valence-corrected chi connectivity index (χ3v) is 3.32. The molecule has 0 bridgehead atoms. The monoisotopic (exact) mass is 282 g/mol. The van der Waals surface area contributed by atoms with E-state index in [1.807, 2.05) is 36.5 Å². The Hall–Kier alpha value is -2.56. The molecule has 3 aromatic rings. The van der Waals surface area contributed by atoms with Gasteiger partial charge in [0.15, 0.2) is 0 Å². The molecule has 2 heterocycles. The number of nitrogens with zero attached hydrogens (tertiary/aromatic N) is 3. The average Bonchev–Trinajstić information content (AvgIpc) is 2.91. The van der Waals surface area contributed by atoms with Crippen molar-refractivity contribution in [2.24, 2.45) is 0 Å². The number of nitrogens with two attached hydrogens (primary N) is 1. The maximum atomic E-state index is 5.83. The number of benzene rings is 1. The lowest BCUT2D eigenvalue weighted by Gasteiger charge is -2.06. The molecule has 1 aromatic carbocycles. The molecule has 0 amide bonds. The summed E-state index contributed by atoms with van der Waals surface area (Å²) < 4.78 is 7.63. The minimum atomic E-state index is 0.370. The number of hydrogen-bond acceptors (Lipinski definition) is 4. The van der Waals surface area contributed by atoms with Gasteiger partial charge < -0.3 is 10.5 Å². The molecule has 0 spiro atoms. The van der Waals surface area contributed by atoms with Crippen LogP contribution in [0.1, 0.15) is 31.0 Å². The highest BCUT2D eigenvalue weighted by molar-refractivity contribution is 5.56. The van der Waals surface area contributed by atoms with Gasteiger partial charge in [0.2, 0.25) is 5.88 Å². The molecule has 0 atom stereocenters. The van der Waals surface area contributed by atoms with Crippen LogP contribution in [0.3, 0.4) is 0 Å². The zero-order valence-electron chi connectivity index (χ0n) is 12.2. The summed E-state index contributed by atoms with van der Waals surface area (Å²) in [5.74, 6) is 0.962. The van der Waals surface area contributed by atoms with Gasteiger partial charge in [-0.05, 0) is 29.7 Å². The first-order chi connectivity index (χ1) is 10.1. The van der Waals surface area contributed by atoms with E-state index in [0.717, 1.165) is 22.5 Å². The normalized spacial score (nSPS) is 11.2. The number of rotatable bonds is 4. The first kappa shape index (κ1) is 13.4. The van der Waals surface area contributed by atoms with Gasteiger partial charge in [-0.15, -0.1) is 0 Å². The number of ether oxygens (including phenoxy) is 1. The molecule has 21 heavy (non-hydrogen) atoms. The summed E-state index contributed by atoms with van der Waals surface area (Å²) in [6.07, 6.45) is 3.53. The molecular weight excluding hydrogens is 264 g/mol. The van der Waals surface area contributed by atoms with Crippen LogP contribution in [-0.2, 0) is 6.61 Å². The van der Waals surface area contributed by atoms with E-state index < -0.39 is 0 Å². The maximum Gasteiger partial charge on any atom is 0.240 e. The second kappa shape index (κ2) is 5.44. The van der Waals surface area contributed by atoms with Gasteiger partial charge in [0.1, 0.15) is 12.1 Å². The van der Waals surface area contributed by atoms with Crippen molar-refractivity contribution in [1.29, 1.82) is 0 Å². The molecule has 0 aliphatic rings. The third kappa shape index (κ3) is 2.81. The van der Waals surface area contributed by atoms with Crippen LogP contribution in [0.25, 0.3) is 5.52 Å². The van der Waals surface area contributed by atoms with Crippen molar-refractivity contribution in [2.45, 2.75) is 26.4 Å². The fraction of sp³-hybridized carbons (Fsp3) is 0.250. The van der Waals surface area contributed by atoms with E-state index >= 15 is 0 Å². The summed E-state index contributed by atoms with van der Waals surface area (Å²) in [5, 5.41) is 4.52. The van der Waals surface area contributed by atoms with Gasteiger partial charge in [-0.3, -0.25) is 0 Å². The van der Waals surface area contributed by atoms with Gasteiger partial charge in [0, 0.05) is 18.1 Å². The molecule has 3 rings (SSSR count). The molecule has 5 nitrogen and oxygen atoms in total. The Kier molecular flexibility index (Phi) is 3.48. The van der Waals surface area contributed by atoms with Gasteiger partial charge in [-0.2, -0.15) is 5.10 Å². The van der Waals surface area contributed by atoms with E-state index in [4.69, 9.17) is 10.5 Å². The van der Waals surface area contributed by atoms with Crippen molar-refractivity contribution in [3.8, 4) is 5.88 Å². The molecule has 2 N–H and O–H groups in total. The number of anilines is 1. The summed E-state index contributed by atoms with van der Waals surface area (Å²) in [5.41, 5.74) is 9.39. The van der Waals surface area contributed by atoms with Crippen LogP contribution in [0.15, 0.2) is 42.7 Å². The van der Waals surface area contributed by atoms with Gasteiger partial charge >= 0.3 is 0 Å². The van der Waals surface area contributed by atoms with Crippen molar-refractivity contribution >= 4 is 11.2 Å². The molecule has 0 radical (unpaired) electrons. The molecule has 0 saturated heterocycles. The van der Waals surface area contributed by atoms with E-state index in [0.29, 0.717) is 18.4 Å². The predicted octanol–water partition coefficient (Wildman–Crippen LogP) is 3.01. The molecule has 0 aliphatic carbocycles. The summed E-state index contributed by atoms with van der Waals surface area (Å²) in [7, 11) is 0. The maximum absolute atomic E-state index is 5.83. The zero-order valence-corrected chi connectivity index (χ0v) is 12.2. The Balaban J connectivity index is 1.84. The van der Waals surface area contributed by atoms with Crippen LogP contribution in [0.2, 0.25) is 0 Å². The second-order valence-corrected chi connectivity index (χ2v) is 5.32. The zero-order chi connectivity index (χ0) is 14.8. The Morgan fingerprint density at radius 3 is 2.71 bits per heavy atom. The van der Waals surface area contributed by atoms with Crippen LogP contribution in [0.4, 0.5) is 5.69 Å². The van der Waals surface area contributed by atoms with Gasteiger partial charge in [-0.1, -0.05) is 26.0 Å². The van der Waals surface area contributed by atoms with E-state index in [1.54, 1.807) is 10.7 Å². The lowest BCUT2D eigenvalue weighted by atomic mass is 10.1. The van der Waals surface area contributed by atoms with Crippen LogP contribution in [0.5, 0.6) is 5.88 Å². The first-order valence-corrected chi connectivity index (χ1v) is 6.95. The number of nitrogen functional groups attached to an aromatic ring is 1. The fourth-order valence-electron chi connectivity index (χ4n) is 2.08. The Bertz CT molecular complexity index is 747. The van der Waals surface area contributed by atoms with Crippen LogP contribution < -0.4 is 10.5 Å². The topological polar surface area (TPSA) is 65.4 Å². The Morgan fingerprint density at radius 1 is 1.24 bits per heavy atom. The Labute approximate surface area is 123 Å². The highest BCUT2D eigenvalue weighted by atomic mass is 16.5. The summed E-state index contributed by atoms with van der Waals surface area (Å²) in [6.45, 7) is 4.68. The molecule has 2 aromatic heterocycles. The fourth-order valence-corrected chi connectivity index (χ4v) is 2.08. The highest BCUT2D eigenvalue weighted by Crippen LogP contribution is 2.22. The molecule has 108 valence electrons. The van der Waals surface area contributed by atoms with Crippen molar-refractivity contribution in [3.63, 3.8) is 0 Å². The van der Waals surface area contributed by atoms with Crippen LogP contribution >= 0.6 is 0 Å². The van der Waals surface area contributed by atoms with E-state index in [2.05, 4.69) is 23.9 Å². The molecular formula is C16H18N4O. The highest BCUT2D eigenvalue weighted by Gasteiger charge is 2.10. The minimum Gasteiger partial charge on any atom is -0.471 e. The number of hydrogen-bond donors (Lipinski definition) is 1. The molecule has 0 fully saturated rings. The lowest BCUT2D eigenvalue weighted by Crippen LogP contribution is -2.00. The summed E-state index contributed by atoms with van der Waals surface area (Å²) >= 11 is 0. The summed E-state index contributed by atoms with van der Waals surface area (Å²) in [4.78, 5) is 4.30. The number of fused-ring (bicyclic) bond motifs is 1. The van der Waals surface area contributed by atoms with Crippen LogP contribution in [0, 0.1) is 0 Å². The average molecular weight is 282 g/mol. The lowest BCUT2D eigenvalue weighted by molar-refractivity contribution is 0.296. The number of aromatic nitrogens is 3. The van der Waals surface area contributed by atoms with Crippen molar-refractivity contribution in [1.82, 2.24) is 14.6 Å². The van der Waals surface area contributed by atoms with Crippen molar-refractivity contribution in [3.05, 3.63) is 54.0 Å². The molecule has 5 heteroatoms. The van der Waals surface area contributed by atoms with E-state index in [9.17, 15) is 0 Å². The smallest absolute Gasteiger partial charge is 0.240 e. The predicted molar refractivity (Wildman–Crippen MR) is 82.3 cm³/mol. The first-order valence-electron chi connectivity index (χ1n) is 6.95. The van der Waals surface area contributed by atoms with E-state index in [1.165, 1.54) is 0 Å². The molecule has 0 aliphatic heterocycles. The second-order valence-electron chi connectivity index (χ2n) is 5.32. The third-order valence-electron chi connectivity index (χ3n) is 3.32. The van der Waals surface area contributed by atoms with Gasteiger partial charge in [0.05, 0.1) is 5.69 Å². The van der Waals surface area contributed by atoms with Crippen molar-refractivity contribution < 1.29 is 4.74 Å². The molecule has 0 saturated carbocycles. The van der Waals surface area contributed by atoms with Gasteiger partial charge in [-0.25, -0.2) is 9.50 Å². The largest absolute Gasteiger partial charge is 0.471 e. The summed E-state index contributed by atoms with van der Waals surface area (Å²) in [6, 6.07) is 9.65. The van der Waals surface area contributed by atoms with Crippen LogP contribution in [-0.4, -0.2) is 14.6 Å². The SMILES string of the molecule is CC(C)c1cc2c(OCc3ccc(N)cc3)nccn2n1. The Morgan fingerprint density at radius 2 is 2.00 bits per heavy atom. The van der Waals surface area contributed by atoms with Crippen molar-refractivity contribution in [2.75, 3.05) is 5.73 Å². The minimum absolute atomic E-state index is 0.370. The van der Waals surface area contributed by atoms with E-state index in [-0.39, 0.29) is 0 Å². The molecule has 0 unspecified atom stereocenters. The standard InChI is InChI=1S/C16H18N4O/c1-11(2)14-9-15-16(18-7-8-20(15)19-14)21-10-12-3-5-13(17)6-4-12/h3-9,11H,10,17H2,1-2H3.